The first-order valence-corrected chi connectivity index (χ1v) is 14.3. The summed E-state index contributed by atoms with van der Waals surface area (Å²) in [6.07, 6.45) is 0.0452. The molecule has 0 unspecified atom stereocenters. The summed E-state index contributed by atoms with van der Waals surface area (Å²) in [5, 5.41) is 2.84. The van der Waals surface area contributed by atoms with Crippen LogP contribution in [-0.2, 0) is 24.7 Å². The Morgan fingerprint density at radius 3 is 2.26 bits per heavy atom. The third-order valence-electron chi connectivity index (χ3n) is 5.77. The van der Waals surface area contributed by atoms with Gasteiger partial charge in [-0.3, -0.25) is 9.10 Å². The Bertz CT molecular complexity index is 1450. The number of carbonyl (C=O) groups excluding carboxylic acids is 1. The summed E-state index contributed by atoms with van der Waals surface area (Å²) < 4.78 is 57.5. The second-order valence-electron chi connectivity index (χ2n) is 8.50. The van der Waals surface area contributed by atoms with Crippen molar-refractivity contribution >= 4 is 31.5 Å². The molecule has 4 rings (SSSR count). The molecule has 3 aromatic carbocycles. The van der Waals surface area contributed by atoms with Crippen LogP contribution in [0.2, 0.25) is 0 Å². The van der Waals surface area contributed by atoms with Gasteiger partial charge in [-0.25, -0.2) is 16.8 Å². The Balaban J connectivity index is 1.60. The predicted molar refractivity (Wildman–Crippen MR) is 133 cm³/mol. The summed E-state index contributed by atoms with van der Waals surface area (Å²) in [4.78, 5) is 13.4. The number of rotatable bonds is 6. The fourth-order valence-electron chi connectivity index (χ4n) is 3.84. The van der Waals surface area contributed by atoms with Crippen molar-refractivity contribution in [1.29, 1.82) is 0 Å². The molecule has 10 heteroatoms. The average Bonchev–Trinajstić information content (AvgIpc) is 2.83. The van der Waals surface area contributed by atoms with Crippen LogP contribution < -0.4 is 14.4 Å². The number of fused-ring (bicyclic) bond motifs is 1. The fraction of sp³-hybridized carbons (Fsp3) is 0.240. The first-order chi connectivity index (χ1) is 16.5. The Labute approximate surface area is 205 Å². The highest BCUT2D eigenvalue weighted by Crippen LogP contribution is 2.37. The highest BCUT2D eigenvalue weighted by atomic mass is 32.2. The van der Waals surface area contributed by atoms with Gasteiger partial charge in [0.2, 0.25) is 0 Å². The lowest BCUT2D eigenvalue weighted by Crippen LogP contribution is -2.51. The number of sulfone groups is 1. The van der Waals surface area contributed by atoms with Crippen LogP contribution in [0.3, 0.4) is 0 Å². The number of anilines is 1. The average molecular weight is 515 g/mol. The van der Waals surface area contributed by atoms with E-state index in [2.05, 4.69) is 5.32 Å². The first kappa shape index (κ1) is 24.7. The lowest BCUT2D eigenvalue weighted by molar-refractivity contribution is -0.128. The first-order valence-electron chi connectivity index (χ1n) is 10.9. The smallest absolute Gasteiger partial charge is 0.264 e. The molecule has 0 aliphatic carbocycles. The van der Waals surface area contributed by atoms with E-state index in [1.165, 1.54) is 28.6 Å². The molecule has 1 N–H and O–H groups in total. The zero-order valence-corrected chi connectivity index (χ0v) is 21.1. The summed E-state index contributed by atoms with van der Waals surface area (Å²) in [6.45, 7) is 3.41. The lowest BCUT2D eigenvalue weighted by atomic mass is 10.1. The van der Waals surface area contributed by atoms with Crippen LogP contribution in [0.5, 0.6) is 5.75 Å². The van der Waals surface area contributed by atoms with Crippen LogP contribution in [0, 0.1) is 6.92 Å². The maximum absolute atomic E-state index is 13.5. The number of aryl methyl sites for hydroxylation is 1. The minimum atomic E-state index is -3.94. The molecular formula is C25H26N2O6S2. The van der Waals surface area contributed by atoms with Crippen LogP contribution in [0.15, 0.2) is 82.6 Å². The van der Waals surface area contributed by atoms with E-state index in [9.17, 15) is 21.6 Å². The summed E-state index contributed by atoms with van der Waals surface area (Å²) in [5.41, 5.74) is 1.93. The molecule has 1 aliphatic heterocycles. The highest BCUT2D eigenvalue weighted by molar-refractivity contribution is 7.92. The van der Waals surface area contributed by atoms with Gasteiger partial charge in [-0.15, -0.1) is 0 Å². The minimum Gasteiger partial charge on any atom is -0.476 e. The standard InChI is InChI=1S/C25H26N2O6S2/c1-17-9-14-23-22(15-17)27(35(31,32)21-7-5-4-6-8-21)16-24(33-23)25(28)26-18(2)19-10-12-20(13-11-19)34(3,29)30/h4-15,18,24H,16H2,1-3H3,(H,26,28)/t18-,24-/m1/s1. The minimum absolute atomic E-state index is 0.118. The largest absolute Gasteiger partial charge is 0.476 e. The zero-order valence-electron chi connectivity index (χ0n) is 19.5. The molecule has 2 atom stereocenters. The van der Waals surface area contributed by atoms with Gasteiger partial charge in [0.1, 0.15) is 5.75 Å². The van der Waals surface area contributed by atoms with Crippen molar-refractivity contribution in [1.82, 2.24) is 5.32 Å². The number of ether oxygens (including phenoxy) is 1. The number of benzene rings is 3. The van der Waals surface area contributed by atoms with Crippen molar-refractivity contribution in [2.75, 3.05) is 17.1 Å². The van der Waals surface area contributed by atoms with Gasteiger partial charge in [0.25, 0.3) is 15.9 Å². The number of nitrogens with zero attached hydrogens (tertiary/aromatic N) is 1. The number of hydrogen-bond acceptors (Lipinski definition) is 6. The molecule has 0 fully saturated rings. The predicted octanol–water partition coefficient (Wildman–Crippen LogP) is 3.23. The fourth-order valence-corrected chi connectivity index (χ4v) is 5.96. The molecule has 0 aromatic heterocycles. The van der Waals surface area contributed by atoms with Gasteiger partial charge < -0.3 is 10.1 Å². The maximum atomic E-state index is 13.5. The number of carbonyl (C=O) groups is 1. The van der Waals surface area contributed by atoms with E-state index in [0.29, 0.717) is 17.0 Å². The van der Waals surface area contributed by atoms with Crippen LogP contribution in [0.1, 0.15) is 24.1 Å². The Hall–Kier alpha value is -3.37. The number of amides is 1. The number of nitrogens with one attached hydrogen (secondary N) is 1. The van der Waals surface area contributed by atoms with E-state index in [4.69, 9.17) is 4.74 Å². The van der Waals surface area contributed by atoms with Gasteiger partial charge in [0.15, 0.2) is 15.9 Å². The van der Waals surface area contributed by atoms with E-state index in [1.807, 2.05) is 6.92 Å². The zero-order chi connectivity index (χ0) is 25.4. The topological polar surface area (TPSA) is 110 Å². The Kier molecular flexibility index (Phi) is 6.61. The van der Waals surface area contributed by atoms with E-state index < -0.39 is 37.9 Å². The summed E-state index contributed by atoms with van der Waals surface area (Å²) in [7, 11) is -7.27. The van der Waals surface area contributed by atoms with Crippen LogP contribution in [0.25, 0.3) is 0 Å². The molecule has 1 aliphatic rings. The van der Waals surface area contributed by atoms with Gasteiger partial charge in [0, 0.05) is 6.26 Å². The van der Waals surface area contributed by atoms with Crippen molar-refractivity contribution < 1.29 is 26.4 Å². The van der Waals surface area contributed by atoms with Crippen LogP contribution in [-0.4, -0.2) is 41.6 Å². The van der Waals surface area contributed by atoms with Crippen LogP contribution >= 0.6 is 0 Å². The second-order valence-corrected chi connectivity index (χ2v) is 12.4. The van der Waals surface area contributed by atoms with E-state index in [0.717, 1.165) is 11.8 Å². The molecule has 8 nitrogen and oxygen atoms in total. The van der Waals surface area contributed by atoms with Gasteiger partial charge in [-0.05, 0) is 61.4 Å². The molecule has 0 spiro atoms. The molecule has 0 saturated heterocycles. The van der Waals surface area contributed by atoms with Crippen molar-refractivity contribution in [2.24, 2.45) is 0 Å². The van der Waals surface area contributed by atoms with Crippen molar-refractivity contribution in [3.8, 4) is 5.75 Å². The van der Waals surface area contributed by atoms with E-state index >= 15 is 0 Å². The summed E-state index contributed by atoms with van der Waals surface area (Å²) in [5.74, 6) is -0.184. The molecule has 35 heavy (non-hydrogen) atoms. The normalized spacial score (nSPS) is 16.7. The molecule has 0 radical (unpaired) electrons. The lowest BCUT2D eigenvalue weighted by Gasteiger charge is -2.35. The number of sulfonamides is 1. The Morgan fingerprint density at radius 1 is 0.971 bits per heavy atom. The molecule has 0 saturated carbocycles. The van der Waals surface area contributed by atoms with Gasteiger partial charge in [0.05, 0.1) is 28.1 Å². The van der Waals surface area contributed by atoms with Crippen molar-refractivity contribution in [2.45, 2.75) is 35.8 Å². The molecule has 3 aromatic rings. The molecule has 184 valence electrons. The van der Waals surface area contributed by atoms with Gasteiger partial charge >= 0.3 is 0 Å². The monoisotopic (exact) mass is 514 g/mol. The van der Waals surface area contributed by atoms with Crippen molar-refractivity contribution in [3.05, 3.63) is 83.9 Å². The maximum Gasteiger partial charge on any atom is 0.264 e. The van der Waals surface area contributed by atoms with E-state index in [-0.39, 0.29) is 16.3 Å². The highest BCUT2D eigenvalue weighted by Gasteiger charge is 2.38. The third-order valence-corrected chi connectivity index (χ3v) is 8.70. The second kappa shape index (κ2) is 9.35. The summed E-state index contributed by atoms with van der Waals surface area (Å²) in [6, 6.07) is 19.0. The van der Waals surface area contributed by atoms with Crippen LogP contribution in [0.4, 0.5) is 5.69 Å². The van der Waals surface area contributed by atoms with E-state index in [1.54, 1.807) is 55.5 Å². The third kappa shape index (κ3) is 5.18. The SMILES string of the molecule is Cc1ccc2c(c1)N(S(=O)(=O)c1ccccc1)C[C@H](C(=O)N[C@H](C)c1ccc(S(C)(=O)=O)cc1)O2. The van der Waals surface area contributed by atoms with Gasteiger partial charge in [-0.2, -0.15) is 0 Å². The Morgan fingerprint density at radius 2 is 1.63 bits per heavy atom. The quantitative estimate of drug-likeness (QED) is 0.541. The van der Waals surface area contributed by atoms with Crippen molar-refractivity contribution in [3.63, 3.8) is 0 Å². The van der Waals surface area contributed by atoms with Gasteiger partial charge in [-0.1, -0.05) is 36.4 Å². The molecule has 1 amide bonds. The molecule has 0 bridgehead atoms. The molecular weight excluding hydrogens is 488 g/mol. The number of hydrogen-bond donors (Lipinski definition) is 1. The summed E-state index contributed by atoms with van der Waals surface area (Å²) >= 11 is 0. The molecule has 1 heterocycles.